The number of amides is 3. The predicted octanol–water partition coefficient (Wildman–Crippen LogP) is 8.43. The topological polar surface area (TPSA) is 239 Å². The lowest BCUT2D eigenvalue weighted by atomic mass is 9.89. The Morgan fingerprint density at radius 2 is 1.36 bits per heavy atom. The van der Waals surface area contributed by atoms with Gasteiger partial charge in [-0.15, -0.1) is 5.10 Å². The molecule has 1 atom stereocenters. The van der Waals surface area contributed by atoms with Gasteiger partial charge in [-0.05, 0) is 134 Å². The highest BCUT2D eigenvalue weighted by Gasteiger charge is 2.32. The smallest absolute Gasteiger partial charge is 0.410 e. The van der Waals surface area contributed by atoms with Gasteiger partial charge in [0.15, 0.2) is 0 Å². The largest absolute Gasteiger partial charge is 0.458 e. The van der Waals surface area contributed by atoms with Gasteiger partial charge in [-0.2, -0.15) is 9.97 Å². The van der Waals surface area contributed by atoms with E-state index in [2.05, 4.69) is 30.8 Å². The molecule has 20 nitrogen and oxygen atoms in total. The monoisotopic (exact) mass is 984 g/mol. The highest BCUT2D eigenvalue weighted by molar-refractivity contribution is 5.82. The summed E-state index contributed by atoms with van der Waals surface area (Å²) >= 11 is 0. The van der Waals surface area contributed by atoms with Crippen LogP contribution in [0.2, 0.25) is 0 Å². The molecule has 2 aromatic heterocycles. The van der Waals surface area contributed by atoms with E-state index in [9.17, 15) is 24.0 Å². The van der Waals surface area contributed by atoms with Crippen LogP contribution in [0.5, 0.6) is 0 Å². The maximum Gasteiger partial charge on any atom is 0.410 e. The van der Waals surface area contributed by atoms with Gasteiger partial charge in [-0.3, -0.25) is 9.48 Å². The summed E-state index contributed by atoms with van der Waals surface area (Å²) in [5.41, 5.74) is 4.20. The summed E-state index contributed by atoms with van der Waals surface area (Å²) in [6.07, 6.45) is 10.0. The number of nitrogens with zero attached hydrogens (tertiary/aromatic N) is 8. The van der Waals surface area contributed by atoms with Crippen LogP contribution < -0.4 is 21.3 Å². The van der Waals surface area contributed by atoms with Crippen LogP contribution in [0.3, 0.4) is 0 Å². The number of aryl methyl sites for hydroxylation is 1. The normalized spacial score (nSPS) is 15.7. The van der Waals surface area contributed by atoms with Crippen LogP contribution in [0.25, 0.3) is 0 Å². The van der Waals surface area contributed by atoms with Gasteiger partial charge in [0.25, 0.3) is 0 Å². The summed E-state index contributed by atoms with van der Waals surface area (Å²) in [5, 5.41) is 14.5. The zero-order chi connectivity index (χ0) is 51.9. The summed E-state index contributed by atoms with van der Waals surface area (Å²) in [7, 11) is 0. The minimum absolute atomic E-state index is 0.0923. The second-order valence-electron chi connectivity index (χ2n) is 22.6. The quantitative estimate of drug-likeness (QED) is 0.0604. The van der Waals surface area contributed by atoms with E-state index >= 15 is 0 Å². The molecule has 2 aromatic rings. The van der Waals surface area contributed by atoms with Gasteiger partial charge in [0, 0.05) is 63.7 Å². The Morgan fingerprint density at radius 3 is 1.99 bits per heavy atom. The SMILES string of the molecule is CC(C)(C)OC(=O)N[C@@H](CCCCC(=O)C1CCN(c2cc(N)nc(NCc3cn(CCCN(CCCN(C(=O)OC(C)(C)C)C4CCCCC4)C(=O)OC(C)(C)C)nn3)n2)CC1)C(=O)OC(C)(C)C. The van der Waals surface area contributed by atoms with Crippen molar-refractivity contribution in [3.8, 4) is 0 Å². The lowest BCUT2D eigenvalue weighted by molar-refractivity contribution is -0.157. The minimum atomic E-state index is -0.887. The maximum atomic E-state index is 13.4. The van der Waals surface area contributed by atoms with E-state index < -0.39 is 46.6 Å². The van der Waals surface area contributed by atoms with E-state index in [1.54, 1.807) is 57.2 Å². The van der Waals surface area contributed by atoms with E-state index in [-0.39, 0.29) is 23.8 Å². The van der Waals surface area contributed by atoms with E-state index in [4.69, 9.17) is 29.7 Å². The first kappa shape index (κ1) is 57.2. The van der Waals surface area contributed by atoms with E-state index in [1.165, 1.54) is 6.42 Å². The molecule has 1 aliphatic carbocycles. The molecule has 0 radical (unpaired) electrons. The average Bonchev–Trinajstić information content (AvgIpc) is 3.70. The molecule has 0 unspecified atom stereocenters. The first-order chi connectivity index (χ1) is 32.6. The molecule has 1 saturated heterocycles. The molecule has 2 aliphatic rings. The van der Waals surface area contributed by atoms with Crippen LogP contribution in [-0.2, 0) is 41.6 Å². The molecule has 4 N–H and O–H groups in total. The number of carbonyl (C=O) groups is 5. The molecule has 20 heteroatoms. The minimum Gasteiger partial charge on any atom is -0.458 e. The number of alkyl carbamates (subject to hydrolysis) is 1. The van der Waals surface area contributed by atoms with Crippen LogP contribution in [0.15, 0.2) is 12.3 Å². The lowest BCUT2D eigenvalue weighted by Gasteiger charge is -2.36. The number of esters is 1. The van der Waals surface area contributed by atoms with Crippen LogP contribution in [0.1, 0.15) is 172 Å². The summed E-state index contributed by atoms with van der Waals surface area (Å²) in [5.74, 6) is 0.864. The van der Waals surface area contributed by atoms with E-state index in [1.807, 2.05) is 52.6 Å². The van der Waals surface area contributed by atoms with Gasteiger partial charge in [0.05, 0.1) is 12.7 Å². The number of aromatic nitrogens is 5. The van der Waals surface area contributed by atoms with E-state index in [0.717, 1.165) is 25.7 Å². The molecule has 3 amide bonds. The Labute approximate surface area is 416 Å². The Hall–Kier alpha value is -5.43. The van der Waals surface area contributed by atoms with Crippen molar-refractivity contribution < 1.29 is 42.9 Å². The number of piperidine rings is 1. The van der Waals surface area contributed by atoms with Crippen molar-refractivity contribution in [1.82, 2.24) is 40.1 Å². The zero-order valence-corrected chi connectivity index (χ0v) is 44.4. The van der Waals surface area contributed by atoms with Gasteiger partial charge in [0.2, 0.25) is 5.95 Å². The molecule has 4 rings (SSSR count). The highest BCUT2D eigenvalue weighted by Crippen LogP contribution is 2.27. The number of hydrogen-bond donors (Lipinski definition) is 3. The average molecular weight is 984 g/mol. The Morgan fingerprint density at radius 1 is 0.743 bits per heavy atom. The lowest BCUT2D eigenvalue weighted by Crippen LogP contribution is -2.46. The third-order valence-electron chi connectivity index (χ3n) is 11.5. The summed E-state index contributed by atoms with van der Waals surface area (Å²) in [6, 6.07) is 0.972. The van der Waals surface area contributed by atoms with Crippen molar-refractivity contribution in [2.75, 3.05) is 48.7 Å². The predicted molar refractivity (Wildman–Crippen MR) is 268 cm³/mol. The molecule has 2 fully saturated rings. The number of rotatable bonds is 21. The number of nitrogens with one attached hydrogen (secondary N) is 2. The molecule has 1 saturated carbocycles. The molecular weight excluding hydrogens is 899 g/mol. The van der Waals surface area contributed by atoms with Crippen molar-refractivity contribution in [3.63, 3.8) is 0 Å². The molecule has 0 bridgehead atoms. The van der Waals surface area contributed by atoms with Crippen molar-refractivity contribution in [1.29, 1.82) is 0 Å². The molecule has 0 aromatic carbocycles. The molecule has 3 heterocycles. The van der Waals surface area contributed by atoms with Crippen LogP contribution in [0.4, 0.5) is 32.0 Å². The summed E-state index contributed by atoms with van der Waals surface area (Å²) < 4.78 is 24.2. The van der Waals surface area contributed by atoms with Crippen molar-refractivity contribution in [2.24, 2.45) is 5.92 Å². The number of carbonyl (C=O) groups excluding carboxylic acids is 5. The van der Waals surface area contributed by atoms with Gasteiger partial charge in [-0.25, -0.2) is 19.2 Å². The Balaban J connectivity index is 1.24. The van der Waals surface area contributed by atoms with Crippen LogP contribution >= 0.6 is 0 Å². The Bertz CT molecular complexity index is 2000. The molecule has 0 spiro atoms. The fourth-order valence-electron chi connectivity index (χ4n) is 8.36. The number of anilines is 3. The number of nitrogens with two attached hydrogens (primary N) is 1. The maximum absolute atomic E-state index is 13.4. The number of unbranched alkanes of at least 4 members (excludes halogenated alkanes) is 1. The van der Waals surface area contributed by atoms with Gasteiger partial charge in [-0.1, -0.05) is 30.9 Å². The molecule has 394 valence electrons. The first-order valence-electron chi connectivity index (χ1n) is 25.4. The number of hydrogen-bond acceptors (Lipinski definition) is 16. The number of nitrogen functional groups attached to an aromatic ring is 1. The number of ketones is 1. The van der Waals surface area contributed by atoms with E-state index in [0.29, 0.717) is 120 Å². The second kappa shape index (κ2) is 25.6. The molecule has 70 heavy (non-hydrogen) atoms. The Kier molecular flexibility index (Phi) is 20.9. The molecule has 1 aliphatic heterocycles. The summed E-state index contributed by atoms with van der Waals surface area (Å²) in [4.78, 5) is 80.1. The van der Waals surface area contributed by atoms with Crippen molar-refractivity contribution >= 4 is 47.6 Å². The van der Waals surface area contributed by atoms with Gasteiger partial charge < -0.3 is 50.0 Å². The number of Topliss-reactive ketones (excluding diaryl/α,β-unsaturated/α-hetero) is 1. The van der Waals surface area contributed by atoms with Crippen LogP contribution in [-0.4, -0.2) is 132 Å². The van der Waals surface area contributed by atoms with Gasteiger partial charge in [0.1, 0.15) is 51.6 Å². The fraction of sp³-hybridized carbons (Fsp3) is 0.780. The second-order valence-corrected chi connectivity index (χ2v) is 22.6. The van der Waals surface area contributed by atoms with Crippen molar-refractivity contribution in [2.45, 2.75) is 214 Å². The zero-order valence-electron chi connectivity index (χ0n) is 44.4. The molecular formula is C50H85N11O9. The third-order valence-corrected chi connectivity index (χ3v) is 11.5. The highest BCUT2D eigenvalue weighted by atomic mass is 16.6. The van der Waals surface area contributed by atoms with Crippen LogP contribution in [0, 0.1) is 5.92 Å². The van der Waals surface area contributed by atoms with Crippen molar-refractivity contribution in [3.05, 3.63) is 18.0 Å². The number of ether oxygens (including phenoxy) is 4. The summed E-state index contributed by atoms with van der Waals surface area (Å²) in [6.45, 7) is 25.1. The third kappa shape index (κ3) is 21.3. The van der Waals surface area contributed by atoms with Gasteiger partial charge >= 0.3 is 24.2 Å². The standard InChI is InChI=1S/C50H85N11O9/c1-47(2,3)67-42(63)38(53-44(64)68-48(4,5)6)22-16-17-23-39(62)35-24-30-58(31-25-35)41-32-40(51)54-43(55-41)52-33-36-34-60(57-56-36)28-18-26-59(45(65)69-49(7,8)9)27-19-29-61(37-20-14-13-15-21-37)46(66)70-50(10,11)12/h32,34-35,37-38H,13-31,33H2,1-12H3,(H,53,64)(H3,51,52,54,55)/t38-/m0/s1. The first-order valence-corrected chi connectivity index (χ1v) is 25.4. The fourth-order valence-corrected chi connectivity index (χ4v) is 8.36.